The smallest absolute Gasteiger partial charge is 0.253 e. The molecule has 5 nitrogen and oxygen atoms in total. The van der Waals surface area contributed by atoms with Gasteiger partial charge in [-0.2, -0.15) is 5.26 Å². The Balaban J connectivity index is 2.66. The molecule has 0 aliphatic heterocycles. The van der Waals surface area contributed by atoms with E-state index in [4.69, 9.17) is 5.41 Å². The van der Waals surface area contributed by atoms with Crippen LogP contribution in [0.4, 0.5) is 5.82 Å². The summed E-state index contributed by atoms with van der Waals surface area (Å²) < 4.78 is 1.69. The largest absolute Gasteiger partial charge is 0.336 e. The Hall–Kier alpha value is -2.00. The predicted molar refractivity (Wildman–Crippen MR) is 87.1 cm³/mol. The number of aromatic nitrogens is 1. The van der Waals surface area contributed by atoms with E-state index in [1.165, 1.54) is 17.8 Å². The van der Waals surface area contributed by atoms with Crippen molar-refractivity contribution in [3.05, 3.63) is 39.2 Å². The molecule has 2 N–H and O–H groups in total. The van der Waals surface area contributed by atoms with E-state index >= 15 is 0 Å². The highest BCUT2D eigenvalue weighted by Crippen LogP contribution is 2.33. The molecule has 0 spiro atoms. The van der Waals surface area contributed by atoms with Crippen molar-refractivity contribution < 1.29 is 0 Å². The zero-order chi connectivity index (χ0) is 15.4. The third kappa shape index (κ3) is 3.03. The molecule has 1 aliphatic carbocycles. The number of thioether (sulfide) groups is 1. The lowest BCUT2D eigenvalue weighted by Gasteiger charge is -2.22. The standard InChI is InChI=1S/C15H18N4OS/c1-10(21-2)18-15-13(9-17)11(8-16)7-14(20)19(15)12-5-3-4-6-12/h7,9,12,17-18H,1,3-6H2,2H3. The van der Waals surface area contributed by atoms with Crippen LogP contribution in [0.3, 0.4) is 0 Å². The van der Waals surface area contributed by atoms with Crippen molar-refractivity contribution in [2.24, 2.45) is 0 Å². The van der Waals surface area contributed by atoms with Gasteiger partial charge in [0.05, 0.1) is 16.2 Å². The summed E-state index contributed by atoms with van der Waals surface area (Å²) in [6.45, 7) is 3.88. The first-order valence-electron chi connectivity index (χ1n) is 6.82. The molecule has 21 heavy (non-hydrogen) atoms. The Morgan fingerprint density at radius 2 is 2.29 bits per heavy atom. The van der Waals surface area contributed by atoms with Gasteiger partial charge in [-0.15, -0.1) is 11.8 Å². The van der Waals surface area contributed by atoms with Crippen LogP contribution in [-0.2, 0) is 0 Å². The third-order valence-corrected chi connectivity index (χ3v) is 4.35. The van der Waals surface area contributed by atoms with Gasteiger partial charge < -0.3 is 10.7 Å². The van der Waals surface area contributed by atoms with Crippen molar-refractivity contribution in [1.29, 1.82) is 10.7 Å². The van der Waals surface area contributed by atoms with Gasteiger partial charge in [-0.3, -0.25) is 9.36 Å². The quantitative estimate of drug-likeness (QED) is 0.819. The summed E-state index contributed by atoms with van der Waals surface area (Å²) in [7, 11) is 0. The van der Waals surface area contributed by atoms with Gasteiger partial charge in [-0.25, -0.2) is 0 Å². The molecule has 1 heterocycles. The Bertz CT molecular complexity index is 665. The number of hydrogen-bond acceptors (Lipinski definition) is 5. The topological polar surface area (TPSA) is 81.7 Å². The highest BCUT2D eigenvalue weighted by Gasteiger charge is 2.23. The van der Waals surface area contributed by atoms with E-state index in [0.717, 1.165) is 31.9 Å². The summed E-state index contributed by atoms with van der Waals surface area (Å²) in [5, 5.41) is 20.6. The van der Waals surface area contributed by atoms with E-state index in [9.17, 15) is 10.1 Å². The minimum absolute atomic E-state index is 0.126. The number of hydrogen-bond donors (Lipinski definition) is 2. The first-order chi connectivity index (χ1) is 10.1. The van der Waals surface area contributed by atoms with Gasteiger partial charge in [-0.1, -0.05) is 19.4 Å². The second kappa shape index (κ2) is 6.64. The predicted octanol–water partition coefficient (Wildman–Crippen LogP) is 3.08. The van der Waals surface area contributed by atoms with Crippen LogP contribution >= 0.6 is 11.8 Å². The Morgan fingerprint density at radius 3 is 2.81 bits per heavy atom. The number of nitrogens with zero attached hydrogens (tertiary/aromatic N) is 2. The molecule has 0 bridgehead atoms. The number of anilines is 1. The summed E-state index contributed by atoms with van der Waals surface area (Å²) in [5.74, 6) is 0.514. The SMILES string of the molecule is C=C(Nc1c(C=N)c(C#N)cc(=O)n1C1CCCC1)SC. The number of nitriles is 1. The lowest BCUT2D eigenvalue weighted by Crippen LogP contribution is -2.27. The summed E-state index contributed by atoms with van der Waals surface area (Å²) in [6.07, 6.45) is 7.10. The zero-order valence-corrected chi connectivity index (χ0v) is 12.8. The number of nitrogens with one attached hydrogen (secondary N) is 2. The maximum Gasteiger partial charge on any atom is 0.253 e. The number of pyridine rings is 1. The van der Waals surface area contributed by atoms with Crippen LogP contribution in [0, 0.1) is 16.7 Å². The molecule has 1 aromatic rings. The molecule has 0 atom stereocenters. The highest BCUT2D eigenvalue weighted by atomic mass is 32.2. The van der Waals surface area contributed by atoms with E-state index in [2.05, 4.69) is 11.9 Å². The molecular formula is C15H18N4OS. The number of rotatable bonds is 5. The Morgan fingerprint density at radius 1 is 1.62 bits per heavy atom. The normalized spacial score (nSPS) is 14.7. The van der Waals surface area contributed by atoms with Gasteiger partial charge in [0.15, 0.2) is 0 Å². The zero-order valence-electron chi connectivity index (χ0n) is 12.0. The fraction of sp³-hybridized carbons (Fsp3) is 0.400. The fourth-order valence-corrected chi connectivity index (χ4v) is 2.91. The van der Waals surface area contributed by atoms with Crippen LogP contribution in [0.2, 0.25) is 0 Å². The van der Waals surface area contributed by atoms with Crippen LogP contribution in [-0.4, -0.2) is 17.0 Å². The molecule has 0 aromatic carbocycles. The second-order valence-electron chi connectivity index (χ2n) is 4.98. The van der Waals surface area contributed by atoms with Gasteiger partial charge in [0.1, 0.15) is 11.9 Å². The van der Waals surface area contributed by atoms with Crippen LogP contribution < -0.4 is 10.9 Å². The molecule has 6 heteroatoms. The van der Waals surface area contributed by atoms with E-state index in [0.29, 0.717) is 16.4 Å². The molecule has 0 amide bonds. The van der Waals surface area contributed by atoms with Gasteiger partial charge in [0.2, 0.25) is 0 Å². The van der Waals surface area contributed by atoms with Crippen LogP contribution in [0.5, 0.6) is 0 Å². The van der Waals surface area contributed by atoms with Crippen molar-refractivity contribution >= 4 is 23.8 Å². The van der Waals surface area contributed by atoms with Crippen LogP contribution in [0.25, 0.3) is 0 Å². The van der Waals surface area contributed by atoms with Crippen molar-refractivity contribution in [3.8, 4) is 6.07 Å². The molecule has 0 radical (unpaired) electrons. The summed E-state index contributed by atoms with van der Waals surface area (Å²) in [5.41, 5.74) is 0.473. The molecular weight excluding hydrogens is 284 g/mol. The van der Waals surface area contributed by atoms with E-state index in [-0.39, 0.29) is 17.2 Å². The summed E-state index contributed by atoms with van der Waals surface area (Å²) >= 11 is 1.43. The molecule has 1 saturated carbocycles. The summed E-state index contributed by atoms with van der Waals surface area (Å²) in [4.78, 5) is 12.4. The molecule has 110 valence electrons. The van der Waals surface area contributed by atoms with Gasteiger partial charge in [0.25, 0.3) is 5.56 Å². The lowest BCUT2D eigenvalue weighted by molar-refractivity contribution is 0.508. The maximum atomic E-state index is 12.4. The average Bonchev–Trinajstić information content (AvgIpc) is 3.00. The Kier molecular flexibility index (Phi) is 4.86. The van der Waals surface area contributed by atoms with Gasteiger partial charge >= 0.3 is 0 Å². The highest BCUT2D eigenvalue weighted by molar-refractivity contribution is 8.02. The van der Waals surface area contributed by atoms with E-state index in [1.807, 2.05) is 12.3 Å². The molecule has 0 unspecified atom stereocenters. The molecule has 0 saturated heterocycles. The first kappa shape index (κ1) is 15.4. The lowest BCUT2D eigenvalue weighted by atomic mass is 10.1. The van der Waals surface area contributed by atoms with Crippen molar-refractivity contribution in [2.75, 3.05) is 11.6 Å². The molecule has 2 rings (SSSR count). The minimum atomic E-state index is -0.194. The Labute approximate surface area is 128 Å². The van der Waals surface area contributed by atoms with Gasteiger partial charge in [0, 0.05) is 18.3 Å². The minimum Gasteiger partial charge on any atom is -0.336 e. The van der Waals surface area contributed by atoms with E-state index in [1.54, 1.807) is 4.57 Å². The maximum absolute atomic E-state index is 12.4. The molecule has 1 aromatic heterocycles. The van der Waals surface area contributed by atoms with Crippen molar-refractivity contribution in [2.45, 2.75) is 31.7 Å². The third-order valence-electron chi connectivity index (χ3n) is 3.75. The van der Waals surface area contributed by atoms with Crippen LogP contribution in [0.1, 0.15) is 42.9 Å². The second-order valence-corrected chi connectivity index (χ2v) is 5.88. The van der Waals surface area contributed by atoms with Gasteiger partial charge in [-0.05, 0) is 19.1 Å². The van der Waals surface area contributed by atoms with Crippen molar-refractivity contribution in [3.63, 3.8) is 0 Å². The molecule has 1 fully saturated rings. The van der Waals surface area contributed by atoms with Crippen LogP contribution in [0.15, 0.2) is 22.5 Å². The summed E-state index contributed by atoms with van der Waals surface area (Å²) in [6, 6.07) is 3.45. The fourth-order valence-electron chi connectivity index (χ4n) is 2.71. The van der Waals surface area contributed by atoms with E-state index < -0.39 is 0 Å². The molecule has 1 aliphatic rings. The monoisotopic (exact) mass is 302 g/mol. The van der Waals surface area contributed by atoms with Crippen molar-refractivity contribution in [1.82, 2.24) is 4.57 Å². The first-order valence-corrected chi connectivity index (χ1v) is 8.05. The average molecular weight is 302 g/mol.